The number of carbonyl (C=O) groups excluding carboxylic acids is 1. The Bertz CT molecular complexity index is 1680. The van der Waals surface area contributed by atoms with Gasteiger partial charge < -0.3 is 28.9 Å². The van der Waals surface area contributed by atoms with E-state index in [2.05, 4.69) is 77.2 Å². The average molecular weight is 709 g/mol. The monoisotopic (exact) mass is 708 g/mol. The van der Waals surface area contributed by atoms with Crippen molar-refractivity contribution in [1.29, 1.82) is 0 Å². The zero-order valence-electron chi connectivity index (χ0n) is 32.3. The van der Waals surface area contributed by atoms with Crippen LogP contribution >= 0.6 is 0 Å². The van der Waals surface area contributed by atoms with Crippen LogP contribution in [0.3, 0.4) is 0 Å². The van der Waals surface area contributed by atoms with E-state index in [0.29, 0.717) is 32.7 Å². The van der Waals surface area contributed by atoms with Crippen LogP contribution in [0.25, 0.3) is 0 Å². The molecule has 52 heavy (non-hydrogen) atoms. The Balaban J connectivity index is 1.41. The van der Waals surface area contributed by atoms with Crippen molar-refractivity contribution in [3.8, 4) is 11.5 Å². The molecular weight excluding hydrogens is 652 g/mol. The van der Waals surface area contributed by atoms with Gasteiger partial charge in [0.05, 0.1) is 31.8 Å². The van der Waals surface area contributed by atoms with Crippen molar-refractivity contribution >= 4 is 17.6 Å². The van der Waals surface area contributed by atoms with E-state index in [1.54, 1.807) is 26.2 Å². The normalized spacial score (nSPS) is 13.6. The maximum Gasteiger partial charge on any atom is 0.410 e. The van der Waals surface area contributed by atoms with Crippen LogP contribution in [0.1, 0.15) is 67.6 Å². The fourth-order valence-corrected chi connectivity index (χ4v) is 6.46. The van der Waals surface area contributed by atoms with Crippen LogP contribution in [-0.4, -0.2) is 86.0 Å². The van der Waals surface area contributed by atoms with Crippen LogP contribution in [0.15, 0.2) is 79.0 Å². The first-order valence-corrected chi connectivity index (χ1v) is 18.2. The van der Waals surface area contributed by atoms with Crippen molar-refractivity contribution in [3.63, 3.8) is 0 Å². The Hall–Kier alpha value is -4.83. The number of benzene rings is 3. The minimum atomic E-state index is -0.535. The summed E-state index contributed by atoms with van der Waals surface area (Å²) in [5.74, 6) is 2.77. The maximum atomic E-state index is 12.6. The van der Waals surface area contributed by atoms with E-state index in [9.17, 15) is 4.79 Å². The molecule has 0 spiro atoms. The van der Waals surface area contributed by atoms with Crippen molar-refractivity contribution in [3.05, 3.63) is 107 Å². The van der Waals surface area contributed by atoms with E-state index in [0.717, 1.165) is 65.8 Å². The van der Waals surface area contributed by atoms with E-state index in [1.807, 2.05) is 51.2 Å². The predicted molar refractivity (Wildman–Crippen MR) is 208 cm³/mol. The third-order valence-electron chi connectivity index (χ3n) is 9.45. The highest BCUT2D eigenvalue weighted by Crippen LogP contribution is 2.33. The molecule has 4 aromatic rings. The standard InChI is InChI=1S/C42H56N6O4/c1-31-10-9-11-35(26-31)47-22-20-34(21-23-47)40-38(30-45(5)24-25-46(6)41(49)52-42(2,3)4)43-27-39(44-40)48(28-32-12-16-36(50-7)17-13-32)29-33-14-18-37(51-8)19-15-33/h9-19,26-27,34H,20-25,28-30H2,1-8H3. The molecule has 0 bridgehead atoms. The molecule has 0 N–H and O–H groups in total. The van der Waals surface area contributed by atoms with Crippen molar-refractivity contribution < 1.29 is 19.0 Å². The predicted octanol–water partition coefficient (Wildman–Crippen LogP) is 7.69. The van der Waals surface area contributed by atoms with Crippen molar-refractivity contribution in [1.82, 2.24) is 19.8 Å². The number of aromatic nitrogens is 2. The summed E-state index contributed by atoms with van der Waals surface area (Å²) in [6.07, 6.45) is 3.58. The Labute approximate surface area is 310 Å². The first-order valence-electron chi connectivity index (χ1n) is 18.2. The van der Waals surface area contributed by atoms with Crippen LogP contribution in [0.5, 0.6) is 11.5 Å². The van der Waals surface area contributed by atoms with Gasteiger partial charge in [0, 0.05) is 64.5 Å². The number of anilines is 2. The zero-order chi connectivity index (χ0) is 37.3. The van der Waals surface area contributed by atoms with Gasteiger partial charge in [-0.2, -0.15) is 0 Å². The highest BCUT2D eigenvalue weighted by Gasteiger charge is 2.27. The number of amides is 1. The molecule has 1 aliphatic rings. The van der Waals surface area contributed by atoms with E-state index in [1.165, 1.54) is 11.3 Å². The SMILES string of the molecule is COc1ccc(CN(Cc2ccc(OC)cc2)c2cnc(CN(C)CCN(C)C(=O)OC(C)(C)C)c(C3CCN(c4cccc(C)c4)CC3)n2)cc1. The molecule has 10 nitrogen and oxygen atoms in total. The van der Waals surface area contributed by atoms with Gasteiger partial charge in [0.2, 0.25) is 0 Å². The van der Waals surface area contributed by atoms with Crippen molar-refractivity contribution in [2.24, 2.45) is 0 Å². The number of nitrogens with zero attached hydrogens (tertiary/aromatic N) is 6. The fraction of sp³-hybridized carbons (Fsp3) is 0.452. The van der Waals surface area contributed by atoms with Gasteiger partial charge in [-0.1, -0.05) is 36.4 Å². The molecule has 1 aromatic heterocycles. The van der Waals surface area contributed by atoms with Gasteiger partial charge in [-0.3, -0.25) is 9.88 Å². The molecule has 1 saturated heterocycles. The number of ether oxygens (including phenoxy) is 3. The molecule has 0 saturated carbocycles. The molecule has 1 aliphatic heterocycles. The first-order chi connectivity index (χ1) is 24.9. The van der Waals surface area contributed by atoms with Crippen LogP contribution < -0.4 is 19.3 Å². The third kappa shape index (κ3) is 10.8. The van der Waals surface area contributed by atoms with Crippen LogP contribution in [0.4, 0.5) is 16.3 Å². The van der Waals surface area contributed by atoms with Crippen molar-refractivity contribution in [2.45, 2.75) is 71.7 Å². The molecule has 1 fully saturated rings. The van der Waals surface area contributed by atoms with E-state index in [4.69, 9.17) is 24.2 Å². The number of likely N-dealkylation sites (N-methyl/N-ethyl adjacent to an activating group) is 2. The summed E-state index contributed by atoms with van der Waals surface area (Å²) >= 11 is 0. The van der Waals surface area contributed by atoms with Crippen LogP contribution in [0.2, 0.25) is 0 Å². The molecular formula is C42H56N6O4. The highest BCUT2D eigenvalue weighted by molar-refractivity contribution is 5.67. The molecule has 0 atom stereocenters. The van der Waals surface area contributed by atoms with Gasteiger partial charge in [0.1, 0.15) is 22.9 Å². The molecule has 2 heterocycles. The molecule has 0 aliphatic carbocycles. The molecule has 5 rings (SSSR count). The largest absolute Gasteiger partial charge is 0.497 e. The highest BCUT2D eigenvalue weighted by atomic mass is 16.6. The molecule has 0 unspecified atom stereocenters. The summed E-state index contributed by atoms with van der Waals surface area (Å²) in [6.45, 7) is 12.9. The molecule has 10 heteroatoms. The molecule has 0 radical (unpaired) electrons. The van der Waals surface area contributed by atoms with Crippen LogP contribution in [0, 0.1) is 6.92 Å². The Morgan fingerprint density at radius 2 is 1.44 bits per heavy atom. The maximum absolute atomic E-state index is 12.6. The quantitative estimate of drug-likeness (QED) is 0.131. The van der Waals surface area contributed by atoms with Crippen molar-refractivity contribution in [2.75, 3.05) is 64.3 Å². The van der Waals surface area contributed by atoms with Gasteiger partial charge in [-0.25, -0.2) is 9.78 Å². The fourth-order valence-electron chi connectivity index (χ4n) is 6.46. The topological polar surface area (TPSA) is 83.5 Å². The Morgan fingerprint density at radius 3 is 1.98 bits per heavy atom. The van der Waals surface area contributed by atoms with Gasteiger partial charge in [-0.05, 0) is 101 Å². The van der Waals surface area contributed by atoms with E-state index < -0.39 is 5.60 Å². The first kappa shape index (κ1) is 38.4. The number of carbonyl (C=O) groups is 1. The average Bonchev–Trinajstić information content (AvgIpc) is 3.13. The van der Waals surface area contributed by atoms with Gasteiger partial charge in [0.25, 0.3) is 0 Å². The third-order valence-corrected chi connectivity index (χ3v) is 9.45. The summed E-state index contributed by atoms with van der Waals surface area (Å²) in [5.41, 5.74) is 6.36. The minimum Gasteiger partial charge on any atom is -0.497 e. The lowest BCUT2D eigenvalue weighted by molar-refractivity contribution is 0.0286. The van der Waals surface area contributed by atoms with Gasteiger partial charge >= 0.3 is 6.09 Å². The second-order valence-corrected chi connectivity index (χ2v) is 14.9. The Morgan fingerprint density at radius 1 is 0.846 bits per heavy atom. The second kappa shape index (κ2) is 17.6. The Kier molecular flexibility index (Phi) is 13.0. The van der Waals surface area contributed by atoms with Gasteiger partial charge in [-0.15, -0.1) is 0 Å². The lowest BCUT2D eigenvalue weighted by Gasteiger charge is -2.35. The second-order valence-electron chi connectivity index (χ2n) is 14.9. The summed E-state index contributed by atoms with van der Waals surface area (Å²) in [4.78, 5) is 31.8. The molecule has 1 amide bonds. The smallest absolute Gasteiger partial charge is 0.410 e. The molecule has 278 valence electrons. The number of methoxy groups -OCH3 is 2. The lowest BCUT2D eigenvalue weighted by atomic mass is 9.91. The number of hydrogen-bond donors (Lipinski definition) is 0. The lowest BCUT2D eigenvalue weighted by Crippen LogP contribution is -2.38. The summed E-state index contributed by atoms with van der Waals surface area (Å²) < 4.78 is 16.4. The number of piperidine rings is 1. The molecule has 3 aromatic carbocycles. The van der Waals surface area contributed by atoms with Crippen LogP contribution in [-0.2, 0) is 24.4 Å². The summed E-state index contributed by atoms with van der Waals surface area (Å²) in [7, 11) is 7.23. The summed E-state index contributed by atoms with van der Waals surface area (Å²) in [6, 6.07) is 25.2. The summed E-state index contributed by atoms with van der Waals surface area (Å²) in [5, 5.41) is 0. The number of aryl methyl sites for hydroxylation is 1. The van der Waals surface area contributed by atoms with E-state index >= 15 is 0 Å². The zero-order valence-corrected chi connectivity index (χ0v) is 32.3. The number of hydrogen-bond acceptors (Lipinski definition) is 9. The van der Waals surface area contributed by atoms with E-state index in [-0.39, 0.29) is 12.0 Å². The number of rotatable bonds is 14. The minimum absolute atomic E-state index is 0.269. The van der Waals surface area contributed by atoms with Gasteiger partial charge in [0.15, 0.2) is 0 Å².